The summed E-state index contributed by atoms with van der Waals surface area (Å²) in [5, 5.41) is 6.85. The fraction of sp³-hybridized carbons (Fsp3) is 0.706. The number of rotatable bonds is 8. The molecule has 0 spiro atoms. The molecule has 2 heterocycles. The molecule has 7 heteroatoms. The van der Waals surface area contributed by atoms with E-state index in [1.54, 1.807) is 6.26 Å². The Bertz CT molecular complexity index is 449. The molecule has 1 aliphatic rings. The van der Waals surface area contributed by atoms with Gasteiger partial charge in [0.15, 0.2) is 5.96 Å². The van der Waals surface area contributed by atoms with Gasteiger partial charge in [-0.05, 0) is 56.5 Å². The maximum Gasteiger partial charge on any atom is 0.191 e. The van der Waals surface area contributed by atoms with Crippen LogP contribution in [0.15, 0.2) is 27.8 Å². The summed E-state index contributed by atoms with van der Waals surface area (Å²) in [6, 6.07) is 4.33. The lowest BCUT2D eigenvalue weighted by atomic mass is 10.1. The predicted octanol–water partition coefficient (Wildman–Crippen LogP) is 3.34. The number of hydrogen-bond donors (Lipinski definition) is 2. The van der Waals surface area contributed by atoms with E-state index in [-0.39, 0.29) is 30.0 Å². The van der Waals surface area contributed by atoms with Crippen molar-refractivity contribution in [3.05, 3.63) is 24.2 Å². The minimum atomic E-state index is 0. The van der Waals surface area contributed by atoms with Crippen molar-refractivity contribution in [3.63, 3.8) is 0 Å². The van der Waals surface area contributed by atoms with E-state index in [2.05, 4.69) is 32.8 Å². The first-order chi connectivity index (χ1) is 11.3. The van der Waals surface area contributed by atoms with E-state index in [1.165, 1.54) is 25.0 Å². The summed E-state index contributed by atoms with van der Waals surface area (Å²) < 4.78 is 5.68. The van der Waals surface area contributed by atoms with Crippen molar-refractivity contribution in [1.82, 2.24) is 15.5 Å². The molecule has 5 nitrogen and oxygen atoms in total. The molecule has 1 atom stereocenters. The van der Waals surface area contributed by atoms with E-state index in [4.69, 9.17) is 4.42 Å². The van der Waals surface area contributed by atoms with E-state index in [0.717, 1.165) is 44.3 Å². The first-order valence-corrected chi connectivity index (χ1v) is 9.95. The summed E-state index contributed by atoms with van der Waals surface area (Å²) in [5.74, 6) is 3.09. The standard InChI is InChI=1S/C17H30N4OS.HI/c1-18-17(19-9-7-13-23-2)20-14-15(16-8-6-12-22-16)21-10-4-3-5-11-21;/h6,8,12,15H,3-5,7,9-11,13-14H2,1-2H3,(H2,18,19,20);1H. The van der Waals surface area contributed by atoms with E-state index in [9.17, 15) is 0 Å². The van der Waals surface area contributed by atoms with Crippen molar-refractivity contribution >= 4 is 41.7 Å². The third-order valence-corrected chi connectivity index (χ3v) is 4.90. The van der Waals surface area contributed by atoms with Gasteiger partial charge in [-0.25, -0.2) is 0 Å². The van der Waals surface area contributed by atoms with Gasteiger partial charge in [-0.1, -0.05) is 6.42 Å². The normalized spacial score (nSPS) is 17.2. The third kappa shape index (κ3) is 7.23. The molecule has 1 unspecified atom stereocenters. The van der Waals surface area contributed by atoms with Gasteiger partial charge >= 0.3 is 0 Å². The number of furan rings is 1. The van der Waals surface area contributed by atoms with Crippen molar-refractivity contribution in [2.45, 2.75) is 31.7 Å². The van der Waals surface area contributed by atoms with Crippen LogP contribution in [0, 0.1) is 0 Å². The van der Waals surface area contributed by atoms with Gasteiger partial charge in [-0.2, -0.15) is 11.8 Å². The second-order valence-corrected chi connectivity index (χ2v) is 6.84. The van der Waals surface area contributed by atoms with Crippen LogP contribution in [0.2, 0.25) is 0 Å². The Labute approximate surface area is 167 Å². The molecule has 1 saturated heterocycles. The van der Waals surface area contributed by atoms with Crippen LogP contribution < -0.4 is 10.6 Å². The van der Waals surface area contributed by atoms with Crippen LogP contribution in [-0.4, -0.2) is 56.1 Å². The summed E-state index contributed by atoms with van der Waals surface area (Å²) in [4.78, 5) is 6.85. The molecule has 24 heavy (non-hydrogen) atoms. The Hall–Kier alpha value is -0.410. The minimum absolute atomic E-state index is 0. The molecule has 0 bridgehead atoms. The number of thioether (sulfide) groups is 1. The van der Waals surface area contributed by atoms with E-state index in [1.807, 2.05) is 24.9 Å². The average molecular weight is 466 g/mol. The highest BCUT2D eigenvalue weighted by atomic mass is 127. The molecule has 0 amide bonds. The van der Waals surface area contributed by atoms with E-state index in [0.29, 0.717) is 0 Å². The second kappa shape index (κ2) is 12.9. The molecule has 1 aromatic heterocycles. The van der Waals surface area contributed by atoms with Crippen molar-refractivity contribution in [3.8, 4) is 0 Å². The number of piperidine rings is 1. The monoisotopic (exact) mass is 466 g/mol. The Morgan fingerprint density at radius 1 is 1.33 bits per heavy atom. The Morgan fingerprint density at radius 3 is 2.75 bits per heavy atom. The predicted molar refractivity (Wildman–Crippen MR) is 115 cm³/mol. The van der Waals surface area contributed by atoms with Crippen LogP contribution >= 0.6 is 35.7 Å². The number of nitrogens with one attached hydrogen (secondary N) is 2. The van der Waals surface area contributed by atoms with Gasteiger partial charge in [0.25, 0.3) is 0 Å². The molecular weight excluding hydrogens is 435 g/mol. The number of nitrogens with zero attached hydrogens (tertiary/aromatic N) is 2. The zero-order chi connectivity index (χ0) is 16.3. The van der Waals surface area contributed by atoms with Crippen LogP contribution in [0.5, 0.6) is 0 Å². The molecule has 2 rings (SSSR count). The van der Waals surface area contributed by atoms with Gasteiger partial charge in [0.2, 0.25) is 0 Å². The van der Waals surface area contributed by atoms with Gasteiger partial charge in [0, 0.05) is 20.1 Å². The zero-order valence-electron chi connectivity index (χ0n) is 14.8. The third-order valence-electron chi connectivity index (χ3n) is 4.21. The van der Waals surface area contributed by atoms with E-state index < -0.39 is 0 Å². The largest absolute Gasteiger partial charge is 0.468 e. The molecule has 1 aliphatic heterocycles. The summed E-state index contributed by atoms with van der Waals surface area (Å²) in [7, 11) is 1.83. The molecular formula is C17H31IN4OS. The smallest absolute Gasteiger partial charge is 0.191 e. The van der Waals surface area contributed by atoms with Gasteiger partial charge in [0.1, 0.15) is 5.76 Å². The zero-order valence-corrected chi connectivity index (χ0v) is 17.9. The Balaban J connectivity index is 0.00000288. The van der Waals surface area contributed by atoms with Crippen LogP contribution in [-0.2, 0) is 0 Å². The Morgan fingerprint density at radius 2 is 2.12 bits per heavy atom. The number of guanidine groups is 1. The topological polar surface area (TPSA) is 52.8 Å². The number of aliphatic imine (C=N–C) groups is 1. The second-order valence-electron chi connectivity index (χ2n) is 5.85. The van der Waals surface area contributed by atoms with Crippen LogP contribution in [0.4, 0.5) is 0 Å². The lowest BCUT2D eigenvalue weighted by Crippen LogP contribution is -2.44. The molecule has 138 valence electrons. The molecule has 0 radical (unpaired) electrons. The summed E-state index contributed by atoms with van der Waals surface area (Å²) in [6.07, 6.45) is 8.95. The average Bonchev–Trinajstić information content (AvgIpc) is 3.12. The summed E-state index contributed by atoms with van der Waals surface area (Å²) >= 11 is 1.88. The van der Waals surface area contributed by atoms with Gasteiger partial charge in [-0.15, -0.1) is 24.0 Å². The quantitative estimate of drug-likeness (QED) is 0.267. The first kappa shape index (κ1) is 21.6. The maximum absolute atomic E-state index is 5.68. The number of hydrogen-bond acceptors (Lipinski definition) is 4. The van der Waals surface area contributed by atoms with Crippen LogP contribution in [0.1, 0.15) is 37.5 Å². The molecule has 1 fully saturated rings. The summed E-state index contributed by atoms with van der Waals surface area (Å²) in [5.41, 5.74) is 0. The lowest BCUT2D eigenvalue weighted by molar-refractivity contribution is 0.146. The highest BCUT2D eigenvalue weighted by molar-refractivity contribution is 14.0. The van der Waals surface area contributed by atoms with Crippen molar-refractivity contribution in [2.24, 2.45) is 4.99 Å². The van der Waals surface area contributed by atoms with Gasteiger partial charge in [-0.3, -0.25) is 9.89 Å². The maximum atomic E-state index is 5.68. The molecule has 1 aromatic rings. The molecule has 2 N–H and O–H groups in total. The van der Waals surface area contributed by atoms with Gasteiger partial charge in [0.05, 0.1) is 12.3 Å². The summed E-state index contributed by atoms with van der Waals surface area (Å²) in [6.45, 7) is 4.06. The highest BCUT2D eigenvalue weighted by Crippen LogP contribution is 2.24. The lowest BCUT2D eigenvalue weighted by Gasteiger charge is -2.33. The van der Waals surface area contributed by atoms with E-state index >= 15 is 0 Å². The molecule has 0 saturated carbocycles. The van der Waals surface area contributed by atoms with Crippen LogP contribution in [0.25, 0.3) is 0 Å². The SMILES string of the molecule is CN=C(NCCCSC)NCC(c1ccco1)N1CCCCC1.I. The van der Waals surface area contributed by atoms with Crippen molar-refractivity contribution in [1.29, 1.82) is 0 Å². The fourth-order valence-electron chi connectivity index (χ4n) is 2.96. The number of halogens is 1. The molecule has 0 aliphatic carbocycles. The molecule has 0 aromatic carbocycles. The van der Waals surface area contributed by atoms with Crippen molar-refractivity contribution < 1.29 is 4.42 Å². The van der Waals surface area contributed by atoms with Crippen molar-refractivity contribution in [2.75, 3.05) is 45.2 Å². The highest BCUT2D eigenvalue weighted by Gasteiger charge is 2.24. The van der Waals surface area contributed by atoms with Gasteiger partial charge < -0.3 is 15.1 Å². The number of likely N-dealkylation sites (tertiary alicyclic amines) is 1. The fourth-order valence-corrected chi connectivity index (χ4v) is 3.39. The van der Waals surface area contributed by atoms with Crippen LogP contribution in [0.3, 0.4) is 0 Å². The Kier molecular flexibility index (Phi) is 11.6. The minimum Gasteiger partial charge on any atom is -0.468 e. The first-order valence-electron chi connectivity index (χ1n) is 8.56.